The van der Waals surface area contributed by atoms with Crippen molar-refractivity contribution in [1.29, 1.82) is 0 Å². The molecule has 0 aromatic heterocycles. The molecular weight excluding hydrogens is 334 g/mol. The van der Waals surface area contributed by atoms with Crippen molar-refractivity contribution in [2.24, 2.45) is 0 Å². The third-order valence-corrected chi connectivity index (χ3v) is 5.03. The fourth-order valence-electron chi connectivity index (χ4n) is 2.97. The number of hydrogen-bond donors (Lipinski definition) is 0. The zero-order chi connectivity index (χ0) is 14.8. The van der Waals surface area contributed by atoms with Gasteiger partial charge in [-0.1, -0.05) is 40.2 Å². The lowest BCUT2D eigenvalue weighted by atomic mass is 9.89. The minimum atomic E-state index is -0.475. The van der Waals surface area contributed by atoms with Gasteiger partial charge in [0.25, 0.3) is 0 Å². The Morgan fingerprint density at radius 1 is 0.952 bits per heavy atom. The Balaban J connectivity index is 1.84. The van der Waals surface area contributed by atoms with Gasteiger partial charge in [-0.2, -0.15) is 0 Å². The van der Waals surface area contributed by atoms with Crippen LogP contribution in [0.4, 0.5) is 8.78 Å². The number of hydrogen-bond acceptors (Lipinski definition) is 0. The maximum atomic E-state index is 13.7. The van der Waals surface area contributed by atoms with Gasteiger partial charge in [0.05, 0.1) is 0 Å². The first-order valence-electron chi connectivity index (χ1n) is 7.34. The molecule has 0 spiro atoms. The van der Waals surface area contributed by atoms with Crippen LogP contribution in [0.25, 0.3) is 0 Å². The van der Waals surface area contributed by atoms with Crippen molar-refractivity contribution in [2.45, 2.75) is 36.9 Å². The number of aryl methyl sites for hydroxylation is 2. The maximum Gasteiger partial charge on any atom is 0.129 e. The van der Waals surface area contributed by atoms with Crippen molar-refractivity contribution >= 4 is 15.9 Å². The molecule has 1 atom stereocenters. The number of alkyl halides is 1. The zero-order valence-electron chi connectivity index (χ0n) is 11.7. The van der Waals surface area contributed by atoms with E-state index in [1.165, 1.54) is 42.2 Å². The second-order valence-electron chi connectivity index (χ2n) is 5.61. The molecule has 1 aliphatic carbocycles. The van der Waals surface area contributed by atoms with Gasteiger partial charge in [-0.3, -0.25) is 0 Å². The average Bonchev–Trinajstić information content (AvgIpc) is 2.50. The summed E-state index contributed by atoms with van der Waals surface area (Å²) in [5, 5.41) is 0. The molecule has 2 aromatic carbocycles. The summed E-state index contributed by atoms with van der Waals surface area (Å²) >= 11 is 3.59. The average molecular weight is 351 g/mol. The van der Waals surface area contributed by atoms with Crippen molar-refractivity contribution in [3.8, 4) is 0 Å². The van der Waals surface area contributed by atoms with Gasteiger partial charge < -0.3 is 0 Å². The van der Waals surface area contributed by atoms with E-state index < -0.39 is 11.6 Å². The minimum absolute atomic E-state index is 0.0730. The predicted molar refractivity (Wildman–Crippen MR) is 84.8 cm³/mol. The van der Waals surface area contributed by atoms with Gasteiger partial charge >= 0.3 is 0 Å². The zero-order valence-corrected chi connectivity index (χ0v) is 13.3. The topological polar surface area (TPSA) is 0 Å². The van der Waals surface area contributed by atoms with Crippen LogP contribution in [-0.4, -0.2) is 0 Å². The van der Waals surface area contributed by atoms with Crippen LogP contribution in [0.3, 0.4) is 0 Å². The Morgan fingerprint density at radius 2 is 1.62 bits per heavy atom. The van der Waals surface area contributed by atoms with Crippen molar-refractivity contribution in [3.63, 3.8) is 0 Å². The molecule has 0 aliphatic heterocycles. The molecule has 110 valence electrons. The summed E-state index contributed by atoms with van der Waals surface area (Å²) in [5.41, 5.74) is 4.05. The van der Waals surface area contributed by atoms with E-state index in [0.717, 1.165) is 18.4 Å². The van der Waals surface area contributed by atoms with Crippen LogP contribution < -0.4 is 0 Å². The third-order valence-electron chi connectivity index (χ3n) is 4.18. The lowest BCUT2D eigenvalue weighted by molar-refractivity contribution is 0.554. The van der Waals surface area contributed by atoms with Crippen LogP contribution in [-0.2, 0) is 19.3 Å². The van der Waals surface area contributed by atoms with E-state index in [-0.39, 0.29) is 10.4 Å². The highest BCUT2D eigenvalue weighted by molar-refractivity contribution is 9.09. The highest BCUT2D eigenvalue weighted by atomic mass is 79.9. The van der Waals surface area contributed by atoms with E-state index in [0.29, 0.717) is 6.42 Å². The van der Waals surface area contributed by atoms with Gasteiger partial charge in [-0.25, -0.2) is 8.78 Å². The van der Waals surface area contributed by atoms with Crippen molar-refractivity contribution in [3.05, 3.63) is 70.3 Å². The third kappa shape index (κ3) is 3.18. The minimum Gasteiger partial charge on any atom is -0.207 e. The van der Waals surface area contributed by atoms with Crippen molar-refractivity contribution in [2.75, 3.05) is 0 Å². The molecule has 0 nitrogen and oxygen atoms in total. The summed E-state index contributed by atoms with van der Waals surface area (Å²) in [6.45, 7) is 0. The number of rotatable bonds is 3. The van der Waals surface area contributed by atoms with Crippen molar-refractivity contribution in [1.82, 2.24) is 0 Å². The van der Waals surface area contributed by atoms with Gasteiger partial charge in [-0.05, 0) is 60.9 Å². The van der Waals surface area contributed by atoms with Crippen LogP contribution in [0.15, 0.2) is 36.4 Å². The molecule has 0 heterocycles. The summed E-state index contributed by atoms with van der Waals surface area (Å²) < 4.78 is 27.5. The first kappa shape index (κ1) is 14.7. The molecule has 2 aromatic rings. The lowest BCUT2D eigenvalue weighted by Gasteiger charge is -2.19. The van der Waals surface area contributed by atoms with Gasteiger partial charge in [0.1, 0.15) is 11.6 Å². The molecule has 0 bridgehead atoms. The normalized spacial score (nSPS) is 15.6. The molecule has 0 fully saturated rings. The Labute approximate surface area is 132 Å². The van der Waals surface area contributed by atoms with E-state index >= 15 is 0 Å². The summed E-state index contributed by atoms with van der Waals surface area (Å²) in [4.78, 5) is -0.0730. The highest BCUT2D eigenvalue weighted by Crippen LogP contribution is 2.32. The second kappa shape index (κ2) is 6.27. The number of halogens is 3. The van der Waals surface area contributed by atoms with Crippen LogP contribution >= 0.6 is 15.9 Å². The van der Waals surface area contributed by atoms with E-state index in [1.54, 1.807) is 0 Å². The van der Waals surface area contributed by atoms with Crippen LogP contribution in [0.1, 0.15) is 39.9 Å². The fourth-order valence-corrected chi connectivity index (χ4v) is 3.58. The first-order chi connectivity index (χ1) is 10.1. The Bertz CT molecular complexity index is 631. The van der Waals surface area contributed by atoms with Gasteiger partial charge in [-0.15, -0.1) is 0 Å². The van der Waals surface area contributed by atoms with E-state index in [4.69, 9.17) is 0 Å². The summed E-state index contributed by atoms with van der Waals surface area (Å²) in [6.07, 6.45) is 5.05. The summed E-state index contributed by atoms with van der Waals surface area (Å²) in [6, 6.07) is 10.4. The van der Waals surface area contributed by atoms with E-state index in [2.05, 4.69) is 34.1 Å². The van der Waals surface area contributed by atoms with Crippen LogP contribution in [0.2, 0.25) is 0 Å². The first-order valence-corrected chi connectivity index (χ1v) is 8.25. The summed E-state index contributed by atoms with van der Waals surface area (Å²) in [7, 11) is 0. The molecule has 0 saturated carbocycles. The smallest absolute Gasteiger partial charge is 0.129 e. The standard InChI is InChI=1S/C18H17BrF2/c19-16(11-15-17(20)6-3-7-18(15)21)14-9-8-12-4-1-2-5-13(12)10-14/h3,6-10,16H,1-2,4-5,11H2. The molecule has 0 N–H and O–H groups in total. The molecule has 0 radical (unpaired) electrons. The quantitative estimate of drug-likeness (QED) is 0.639. The van der Waals surface area contributed by atoms with Crippen LogP contribution in [0, 0.1) is 11.6 Å². The fraction of sp³-hybridized carbons (Fsp3) is 0.333. The molecular formula is C18H17BrF2. The van der Waals surface area contributed by atoms with Gasteiger partial charge in [0, 0.05) is 10.4 Å². The van der Waals surface area contributed by atoms with Gasteiger partial charge in [0.2, 0.25) is 0 Å². The van der Waals surface area contributed by atoms with E-state index in [9.17, 15) is 8.78 Å². The molecule has 3 rings (SSSR count). The number of fused-ring (bicyclic) bond motifs is 1. The highest BCUT2D eigenvalue weighted by Gasteiger charge is 2.17. The molecule has 0 saturated heterocycles. The molecule has 1 unspecified atom stereocenters. The monoisotopic (exact) mass is 350 g/mol. The molecule has 3 heteroatoms. The Morgan fingerprint density at radius 3 is 2.33 bits per heavy atom. The SMILES string of the molecule is Fc1cccc(F)c1CC(Br)c1ccc2c(c1)CCCC2. The van der Waals surface area contributed by atoms with Crippen molar-refractivity contribution < 1.29 is 8.78 Å². The molecule has 1 aliphatic rings. The van der Waals surface area contributed by atoms with E-state index in [1.807, 2.05) is 0 Å². The Kier molecular flexibility index (Phi) is 4.39. The number of benzene rings is 2. The van der Waals surface area contributed by atoms with Gasteiger partial charge in [0.15, 0.2) is 0 Å². The molecule has 0 amide bonds. The lowest BCUT2D eigenvalue weighted by Crippen LogP contribution is -2.06. The predicted octanol–water partition coefficient (Wildman–Crippen LogP) is 5.52. The summed E-state index contributed by atoms with van der Waals surface area (Å²) in [5.74, 6) is -0.949. The largest absolute Gasteiger partial charge is 0.207 e. The Hall–Kier alpha value is -1.22. The maximum absolute atomic E-state index is 13.7. The molecule has 21 heavy (non-hydrogen) atoms. The van der Waals surface area contributed by atoms with Crippen LogP contribution in [0.5, 0.6) is 0 Å². The second-order valence-corrected chi connectivity index (χ2v) is 6.71.